The highest BCUT2D eigenvalue weighted by molar-refractivity contribution is 5.86. The molecular formula is C18H25N. The number of benzene rings is 2. The van der Waals surface area contributed by atoms with Crippen molar-refractivity contribution in [2.45, 2.75) is 45.6 Å². The van der Waals surface area contributed by atoms with E-state index < -0.39 is 0 Å². The molecule has 0 aliphatic heterocycles. The van der Waals surface area contributed by atoms with Crippen molar-refractivity contribution in [1.82, 2.24) is 0 Å². The van der Waals surface area contributed by atoms with Crippen LogP contribution < -0.4 is 5.73 Å². The quantitative estimate of drug-likeness (QED) is 0.767. The summed E-state index contributed by atoms with van der Waals surface area (Å²) >= 11 is 0. The molecule has 2 aromatic carbocycles. The number of rotatable bonds is 6. The van der Waals surface area contributed by atoms with Gasteiger partial charge in [0.25, 0.3) is 0 Å². The maximum atomic E-state index is 6.58. The fourth-order valence-corrected chi connectivity index (χ4v) is 3.04. The van der Waals surface area contributed by atoms with Crippen LogP contribution in [0.3, 0.4) is 0 Å². The fourth-order valence-electron chi connectivity index (χ4n) is 3.04. The van der Waals surface area contributed by atoms with Gasteiger partial charge in [-0.25, -0.2) is 0 Å². The molecule has 2 rings (SSSR count). The Morgan fingerprint density at radius 3 is 2.21 bits per heavy atom. The van der Waals surface area contributed by atoms with Gasteiger partial charge in [-0.15, -0.1) is 0 Å². The first-order valence-corrected chi connectivity index (χ1v) is 7.51. The molecule has 1 nitrogen and oxygen atoms in total. The Balaban J connectivity index is 2.36. The molecule has 1 heteroatoms. The van der Waals surface area contributed by atoms with Crippen molar-refractivity contribution in [3.05, 3.63) is 48.0 Å². The van der Waals surface area contributed by atoms with Gasteiger partial charge >= 0.3 is 0 Å². The summed E-state index contributed by atoms with van der Waals surface area (Å²) in [6.45, 7) is 4.50. The summed E-state index contributed by atoms with van der Waals surface area (Å²) in [5, 5.41) is 2.61. The molecule has 0 spiro atoms. The van der Waals surface area contributed by atoms with E-state index in [1.54, 1.807) is 0 Å². The second kappa shape index (κ2) is 6.72. The second-order valence-corrected chi connectivity index (χ2v) is 5.43. The third-order valence-electron chi connectivity index (χ3n) is 4.01. The lowest BCUT2D eigenvalue weighted by molar-refractivity contribution is 0.370. The van der Waals surface area contributed by atoms with Crippen LogP contribution in [0.4, 0.5) is 0 Å². The van der Waals surface area contributed by atoms with Gasteiger partial charge < -0.3 is 5.73 Å². The third kappa shape index (κ3) is 3.16. The minimum absolute atomic E-state index is 0.158. The molecule has 0 saturated carbocycles. The van der Waals surface area contributed by atoms with E-state index in [9.17, 15) is 0 Å². The lowest BCUT2D eigenvalue weighted by Crippen LogP contribution is -2.21. The minimum Gasteiger partial charge on any atom is -0.324 e. The Labute approximate surface area is 116 Å². The maximum Gasteiger partial charge on any atom is 0.0329 e. The van der Waals surface area contributed by atoms with Gasteiger partial charge in [-0.05, 0) is 35.1 Å². The van der Waals surface area contributed by atoms with Crippen molar-refractivity contribution in [3.63, 3.8) is 0 Å². The topological polar surface area (TPSA) is 26.0 Å². The molecule has 0 aliphatic rings. The van der Waals surface area contributed by atoms with E-state index in [0.29, 0.717) is 5.92 Å². The molecule has 2 aromatic rings. The van der Waals surface area contributed by atoms with E-state index in [4.69, 9.17) is 5.73 Å². The van der Waals surface area contributed by atoms with Crippen LogP contribution in [0.5, 0.6) is 0 Å². The summed E-state index contributed by atoms with van der Waals surface area (Å²) in [5.41, 5.74) is 7.89. The Morgan fingerprint density at radius 2 is 1.53 bits per heavy atom. The second-order valence-electron chi connectivity index (χ2n) is 5.43. The third-order valence-corrected chi connectivity index (χ3v) is 4.01. The van der Waals surface area contributed by atoms with E-state index >= 15 is 0 Å². The van der Waals surface area contributed by atoms with Crippen molar-refractivity contribution < 1.29 is 0 Å². The Hall–Kier alpha value is -1.34. The van der Waals surface area contributed by atoms with E-state index in [1.807, 2.05) is 0 Å². The van der Waals surface area contributed by atoms with Crippen LogP contribution in [0.15, 0.2) is 42.5 Å². The summed E-state index contributed by atoms with van der Waals surface area (Å²) in [7, 11) is 0. The molecule has 0 bridgehead atoms. The Bertz CT molecular complexity index is 507. The van der Waals surface area contributed by atoms with E-state index in [1.165, 1.54) is 42.0 Å². The molecule has 2 N–H and O–H groups in total. The van der Waals surface area contributed by atoms with Crippen LogP contribution in [0.1, 0.15) is 51.1 Å². The highest BCUT2D eigenvalue weighted by Gasteiger charge is 2.19. The lowest BCUT2D eigenvalue weighted by atomic mass is 9.85. The summed E-state index contributed by atoms with van der Waals surface area (Å²) < 4.78 is 0. The van der Waals surface area contributed by atoms with Gasteiger partial charge in [0.15, 0.2) is 0 Å². The molecule has 0 fully saturated rings. The first-order valence-electron chi connectivity index (χ1n) is 7.51. The summed E-state index contributed by atoms with van der Waals surface area (Å²) in [4.78, 5) is 0. The molecule has 0 heterocycles. The van der Waals surface area contributed by atoms with Gasteiger partial charge in [-0.2, -0.15) is 0 Å². The summed E-state index contributed by atoms with van der Waals surface area (Å²) in [5.74, 6) is 0.598. The van der Waals surface area contributed by atoms with Crippen LogP contribution in [0, 0.1) is 5.92 Å². The Morgan fingerprint density at radius 1 is 0.895 bits per heavy atom. The van der Waals surface area contributed by atoms with Gasteiger partial charge in [0.1, 0.15) is 0 Å². The SMILES string of the molecule is CCCC(CCC)C(N)c1cccc2ccccc12. The van der Waals surface area contributed by atoms with E-state index in [2.05, 4.69) is 56.3 Å². The predicted molar refractivity (Wildman–Crippen MR) is 84.2 cm³/mol. The predicted octanol–water partition coefficient (Wildman–Crippen LogP) is 5.06. The van der Waals surface area contributed by atoms with Gasteiger partial charge in [-0.3, -0.25) is 0 Å². The number of fused-ring (bicyclic) bond motifs is 1. The molecule has 0 aromatic heterocycles. The average molecular weight is 255 g/mol. The standard InChI is InChI=1S/C18H25N/c1-3-8-15(9-4-2)18(19)17-13-7-11-14-10-5-6-12-16(14)17/h5-7,10-13,15,18H,3-4,8-9,19H2,1-2H3. The van der Waals surface area contributed by atoms with Crippen molar-refractivity contribution in [3.8, 4) is 0 Å². The first-order chi connectivity index (χ1) is 9.27. The molecule has 102 valence electrons. The lowest BCUT2D eigenvalue weighted by Gasteiger charge is -2.24. The van der Waals surface area contributed by atoms with Crippen molar-refractivity contribution in [1.29, 1.82) is 0 Å². The van der Waals surface area contributed by atoms with E-state index in [0.717, 1.165) is 0 Å². The zero-order valence-electron chi connectivity index (χ0n) is 12.1. The molecule has 0 radical (unpaired) electrons. The smallest absolute Gasteiger partial charge is 0.0329 e. The number of hydrogen-bond donors (Lipinski definition) is 1. The molecule has 1 unspecified atom stereocenters. The molecule has 1 atom stereocenters. The van der Waals surface area contributed by atoms with Crippen molar-refractivity contribution in [2.24, 2.45) is 11.7 Å². The Kier molecular flexibility index (Phi) is 4.98. The average Bonchev–Trinajstić information content (AvgIpc) is 2.46. The van der Waals surface area contributed by atoms with Crippen LogP contribution in [0.25, 0.3) is 10.8 Å². The molecule has 0 amide bonds. The van der Waals surface area contributed by atoms with Crippen LogP contribution >= 0.6 is 0 Å². The largest absolute Gasteiger partial charge is 0.324 e. The number of nitrogens with two attached hydrogens (primary N) is 1. The van der Waals surface area contributed by atoms with E-state index in [-0.39, 0.29) is 6.04 Å². The minimum atomic E-state index is 0.158. The molecule has 0 aliphatic carbocycles. The zero-order valence-corrected chi connectivity index (χ0v) is 12.1. The van der Waals surface area contributed by atoms with Crippen LogP contribution in [-0.4, -0.2) is 0 Å². The summed E-state index contributed by atoms with van der Waals surface area (Å²) in [6.07, 6.45) is 4.86. The highest BCUT2D eigenvalue weighted by atomic mass is 14.7. The highest BCUT2D eigenvalue weighted by Crippen LogP contribution is 2.31. The molecule has 0 saturated heterocycles. The van der Waals surface area contributed by atoms with Crippen molar-refractivity contribution in [2.75, 3.05) is 0 Å². The van der Waals surface area contributed by atoms with Crippen molar-refractivity contribution >= 4 is 10.8 Å². The van der Waals surface area contributed by atoms with Gasteiger partial charge in [-0.1, -0.05) is 69.2 Å². The number of hydrogen-bond acceptors (Lipinski definition) is 1. The van der Waals surface area contributed by atoms with Crippen LogP contribution in [-0.2, 0) is 0 Å². The van der Waals surface area contributed by atoms with Crippen LogP contribution in [0.2, 0.25) is 0 Å². The maximum absolute atomic E-state index is 6.58. The molecular weight excluding hydrogens is 230 g/mol. The van der Waals surface area contributed by atoms with Gasteiger partial charge in [0.05, 0.1) is 0 Å². The first kappa shape index (κ1) is 14.1. The zero-order chi connectivity index (χ0) is 13.7. The van der Waals surface area contributed by atoms with Gasteiger partial charge in [0, 0.05) is 6.04 Å². The fraction of sp³-hybridized carbons (Fsp3) is 0.444. The van der Waals surface area contributed by atoms with Gasteiger partial charge in [0.2, 0.25) is 0 Å². The normalized spacial score (nSPS) is 13.1. The summed E-state index contributed by atoms with van der Waals surface area (Å²) in [6, 6.07) is 15.2. The molecule has 19 heavy (non-hydrogen) atoms. The monoisotopic (exact) mass is 255 g/mol.